The van der Waals surface area contributed by atoms with Gasteiger partial charge in [-0.05, 0) is 72.3 Å². The normalized spacial score (nSPS) is 11.2. The molecule has 0 unspecified atom stereocenters. The van der Waals surface area contributed by atoms with Gasteiger partial charge >= 0.3 is 0 Å². The number of halogens is 2. The van der Waals surface area contributed by atoms with Gasteiger partial charge in [-0.3, -0.25) is 9.10 Å². The number of sulfonamides is 1. The summed E-state index contributed by atoms with van der Waals surface area (Å²) in [6, 6.07) is 20.1. The monoisotopic (exact) mass is 552 g/mol. The van der Waals surface area contributed by atoms with Gasteiger partial charge < -0.3 is 10.1 Å². The first kappa shape index (κ1) is 27.2. The first-order valence-corrected chi connectivity index (χ1v) is 14.2. The highest BCUT2D eigenvalue weighted by atomic mass is 35.5. The molecule has 1 N–H and O–H groups in total. The second-order valence-electron chi connectivity index (χ2n) is 7.55. The molecule has 0 aliphatic rings. The van der Waals surface area contributed by atoms with Gasteiger partial charge in [0.25, 0.3) is 10.0 Å². The van der Waals surface area contributed by atoms with E-state index < -0.39 is 15.9 Å². The van der Waals surface area contributed by atoms with Crippen LogP contribution in [0, 0.1) is 0 Å². The lowest BCUT2D eigenvalue weighted by Gasteiger charge is -2.24. The lowest BCUT2D eigenvalue weighted by atomic mass is 10.2. The molecule has 0 aromatic heterocycles. The van der Waals surface area contributed by atoms with Crippen LogP contribution in [0.5, 0.6) is 5.75 Å². The van der Waals surface area contributed by atoms with E-state index in [2.05, 4.69) is 5.32 Å². The van der Waals surface area contributed by atoms with Crippen molar-refractivity contribution in [3.05, 3.63) is 88.4 Å². The second-order valence-corrected chi connectivity index (χ2v) is 11.4. The number of rotatable bonds is 12. The van der Waals surface area contributed by atoms with Crippen molar-refractivity contribution in [2.45, 2.75) is 17.1 Å². The fourth-order valence-electron chi connectivity index (χ4n) is 3.23. The van der Waals surface area contributed by atoms with E-state index in [4.69, 9.17) is 27.9 Å². The molecule has 1 amide bonds. The van der Waals surface area contributed by atoms with Crippen LogP contribution in [0.3, 0.4) is 0 Å². The van der Waals surface area contributed by atoms with Crippen LogP contribution in [0.2, 0.25) is 10.0 Å². The Balaban J connectivity index is 1.60. The Hall–Kier alpha value is -2.39. The van der Waals surface area contributed by atoms with Gasteiger partial charge in [0.2, 0.25) is 5.91 Å². The predicted molar refractivity (Wildman–Crippen MR) is 144 cm³/mol. The zero-order chi connectivity index (χ0) is 25.3. The fraction of sp³-hybridized carbons (Fsp3) is 0.240. The van der Waals surface area contributed by atoms with E-state index >= 15 is 0 Å². The third-order valence-corrected chi connectivity index (χ3v) is 8.35. The summed E-state index contributed by atoms with van der Waals surface area (Å²) in [4.78, 5) is 12.7. The Labute approximate surface area is 220 Å². The first-order valence-electron chi connectivity index (χ1n) is 10.8. The van der Waals surface area contributed by atoms with Crippen LogP contribution in [0.15, 0.2) is 77.7 Å². The first-order chi connectivity index (χ1) is 16.8. The molecule has 0 saturated heterocycles. The number of carbonyl (C=O) groups is 1. The number of hydrogen-bond acceptors (Lipinski definition) is 5. The Kier molecular flexibility index (Phi) is 10.2. The summed E-state index contributed by atoms with van der Waals surface area (Å²) in [7, 11) is -2.52. The molecular formula is C25H26Cl2N2O4S2. The van der Waals surface area contributed by atoms with Gasteiger partial charge in [0.1, 0.15) is 12.3 Å². The highest BCUT2D eigenvalue weighted by Gasteiger charge is 2.27. The van der Waals surface area contributed by atoms with Crippen LogP contribution >= 0.6 is 35.0 Å². The summed E-state index contributed by atoms with van der Waals surface area (Å²) in [6.07, 6.45) is 0.749. The van der Waals surface area contributed by atoms with Gasteiger partial charge in [-0.2, -0.15) is 11.8 Å². The van der Waals surface area contributed by atoms with Crippen molar-refractivity contribution in [3.63, 3.8) is 0 Å². The minimum atomic E-state index is -4.02. The molecule has 10 heteroatoms. The number of benzene rings is 3. The van der Waals surface area contributed by atoms with Crippen LogP contribution in [-0.4, -0.2) is 40.3 Å². The molecule has 0 atom stereocenters. The molecule has 0 bridgehead atoms. The zero-order valence-corrected chi connectivity index (χ0v) is 22.3. The summed E-state index contributed by atoms with van der Waals surface area (Å²) in [5, 5.41) is 3.90. The minimum absolute atomic E-state index is 0.0449. The number of anilines is 1. The molecular weight excluding hydrogens is 527 g/mol. The van der Waals surface area contributed by atoms with Crippen molar-refractivity contribution in [2.24, 2.45) is 0 Å². The van der Waals surface area contributed by atoms with Crippen molar-refractivity contribution in [1.29, 1.82) is 0 Å². The van der Waals surface area contributed by atoms with Gasteiger partial charge in [-0.25, -0.2) is 8.42 Å². The predicted octanol–water partition coefficient (Wildman–Crippen LogP) is 5.64. The number of hydrogen-bond donors (Lipinski definition) is 1. The smallest absolute Gasteiger partial charge is 0.264 e. The topological polar surface area (TPSA) is 75.7 Å². The maximum atomic E-state index is 13.4. The van der Waals surface area contributed by atoms with E-state index in [-0.39, 0.29) is 11.4 Å². The molecule has 3 aromatic rings. The van der Waals surface area contributed by atoms with Gasteiger partial charge in [-0.15, -0.1) is 0 Å². The summed E-state index contributed by atoms with van der Waals surface area (Å²) in [5.41, 5.74) is 1.45. The quantitative estimate of drug-likeness (QED) is 0.294. The van der Waals surface area contributed by atoms with Gasteiger partial charge in [-0.1, -0.05) is 41.4 Å². The highest BCUT2D eigenvalue weighted by molar-refractivity contribution is 7.98. The molecule has 0 aliphatic carbocycles. The summed E-state index contributed by atoms with van der Waals surface area (Å²) in [6.45, 7) is 0.0672. The minimum Gasteiger partial charge on any atom is -0.497 e. The Morgan fingerprint density at radius 3 is 2.34 bits per heavy atom. The van der Waals surface area contributed by atoms with Crippen LogP contribution in [0.4, 0.5) is 5.69 Å². The third-order valence-electron chi connectivity index (χ3n) is 4.98. The van der Waals surface area contributed by atoms with E-state index in [0.717, 1.165) is 27.8 Å². The highest BCUT2D eigenvalue weighted by Crippen LogP contribution is 2.27. The molecule has 6 nitrogen and oxygen atoms in total. The summed E-state index contributed by atoms with van der Waals surface area (Å²) < 4.78 is 33.0. The molecule has 35 heavy (non-hydrogen) atoms. The number of amides is 1. The lowest BCUT2D eigenvalue weighted by molar-refractivity contribution is -0.119. The largest absolute Gasteiger partial charge is 0.497 e. The average Bonchev–Trinajstić information content (AvgIpc) is 2.84. The molecule has 3 rings (SSSR count). The second kappa shape index (κ2) is 13.1. The van der Waals surface area contributed by atoms with Crippen LogP contribution in [0.1, 0.15) is 12.0 Å². The Morgan fingerprint density at radius 2 is 1.69 bits per heavy atom. The molecule has 0 saturated carbocycles. The molecule has 0 aliphatic heterocycles. The summed E-state index contributed by atoms with van der Waals surface area (Å²) >= 11 is 13.8. The van der Waals surface area contributed by atoms with Crippen molar-refractivity contribution in [2.75, 3.05) is 30.3 Å². The number of carbonyl (C=O) groups excluding carboxylic acids is 1. The van der Waals surface area contributed by atoms with Crippen molar-refractivity contribution >= 4 is 56.6 Å². The maximum Gasteiger partial charge on any atom is 0.264 e. The zero-order valence-electron chi connectivity index (χ0n) is 19.1. The van der Waals surface area contributed by atoms with E-state index in [1.165, 1.54) is 25.3 Å². The molecule has 3 aromatic carbocycles. The maximum absolute atomic E-state index is 13.4. The van der Waals surface area contributed by atoms with Gasteiger partial charge in [0.05, 0.1) is 17.7 Å². The van der Waals surface area contributed by atoms with E-state index in [9.17, 15) is 13.2 Å². The van der Waals surface area contributed by atoms with Crippen LogP contribution in [0.25, 0.3) is 0 Å². The number of thioether (sulfide) groups is 1. The number of methoxy groups -OCH3 is 1. The van der Waals surface area contributed by atoms with E-state index in [0.29, 0.717) is 28.0 Å². The number of ether oxygens (including phenoxy) is 1. The molecule has 0 spiro atoms. The number of nitrogens with one attached hydrogen (secondary N) is 1. The molecule has 0 radical (unpaired) electrons. The SMILES string of the molecule is COc1ccc(S(=O)(=O)N(CC(=O)NCCCSCc2cccc(Cl)c2)c2cccc(Cl)c2)cc1. The van der Waals surface area contributed by atoms with Crippen LogP contribution < -0.4 is 14.4 Å². The molecule has 0 fully saturated rings. The lowest BCUT2D eigenvalue weighted by Crippen LogP contribution is -2.41. The van der Waals surface area contributed by atoms with Crippen molar-refractivity contribution in [1.82, 2.24) is 5.32 Å². The standard InChI is InChI=1S/C25H26Cl2N2O4S2/c1-33-23-9-11-24(12-10-23)35(31,32)29(22-8-3-7-21(27)16-22)17-25(30)28-13-4-14-34-18-19-5-2-6-20(26)15-19/h2-3,5-12,15-16H,4,13-14,17-18H2,1H3,(H,28,30). The fourth-order valence-corrected chi connectivity index (χ4v) is 5.94. The summed E-state index contributed by atoms with van der Waals surface area (Å²) in [5.74, 6) is 1.80. The van der Waals surface area contributed by atoms with E-state index in [1.807, 2.05) is 24.3 Å². The molecule has 186 valence electrons. The van der Waals surface area contributed by atoms with Crippen molar-refractivity contribution < 1.29 is 17.9 Å². The van der Waals surface area contributed by atoms with Gasteiger partial charge in [0.15, 0.2) is 0 Å². The van der Waals surface area contributed by atoms with Crippen molar-refractivity contribution in [3.8, 4) is 5.75 Å². The van der Waals surface area contributed by atoms with Crippen LogP contribution in [-0.2, 0) is 20.6 Å². The van der Waals surface area contributed by atoms with E-state index in [1.54, 1.807) is 42.1 Å². The number of nitrogens with zero attached hydrogens (tertiary/aromatic N) is 1. The average molecular weight is 554 g/mol. The third kappa shape index (κ3) is 8.07. The van der Waals surface area contributed by atoms with Gasteiger partial charge in [0, 0.05) is 22.3 Å². The molecule has 0 heterocycles. The Bertz CT molecular complexity index is 1240. The Morgan fingerprint density at radius 1 is 1.00 bits per heavy atom.